The van der Waals surface area contributed by atoms with E-state index >= 15 is 0 Å². The molecule has 6 nitrogen and oxygen atoms in total. The van der Waals surface area contributed by atoms with Crippen molar-refractivity contribution in [2.75, 3.05) is 13.6 Å². The van der Waals surface area contributed by atoms with Gasteiger partial charge in [0, 0.05) is 30.9 Å². The second-order valence-electron chi connectivity index (χ2n) is 5.90. The van der Waals surface area contributed by atoms with Gasteiger partial charge in [-0.25, -0.2) is 4.98 Å². The van der Waals surface area contributed by atoms with Gasteiger partial charge in [-0.05, 0) is 26.7 Å². The summed E-state index contributed by atoms with van der Waals surface area (Å²) < 4.78 is 0. The highest BCUT2D eigenvalue weighted by molar-refractivity contribution is 7.11. The van der Waals surface area contributed by atoms with E-state index in [-0.39, 0.29) is 5.91 Å². The first kappa shape index (κ1) is 17.7. The number of aliphatic imine (C=N–C) groups is 1. The summed E-state index contributed by atoms with van der Waals surface area (Å²) in [5, 5.41) is 10.5. The lowest BCUT2D eigenvalue weighted by Gasteiger charge is -2.13. The van der Waals surface area contributed by atoms with Crippen LogP contribution in [0, 0.1) is 13.8 Å². The molecule has 1 fully saturated rings. The van der Waals surface area contributed by atoms with Crippen molar-refractivity contribution >= 4 is 23.2 Å². The summed E-state index contributed by atoms with van der Waals surface area (Å²) in [7, 11) is 1.73. The fraction of sp³-hybridized carbons (Fsp3) is 0.688. The minimum absolute atomic E-state index is 0.117. The summed E-state index contributed by atoms with van der Waals surface area (Å²) in [6.07, 6.45) is 5.17. The highest BCUT2D eigenvalue weighted by Crippen LogP contribution is 2.17. The average Bonchev–Trinajstić information content (AvgIpc) is 3.13. The fourth-order valence-corrected chi connectivity index (χ4v) is 3.53. The van der Waals surface area contributed by atoms with Gasteiger partial charge in [0.1, 0.15) is 5.01 Å². The summed E-state index contributed by atoms with van der Waals surface area (Å²) in [5.41, 5.74) is 1.08. The van der Waals surface area contributed by atoms with E-state index in [0.29, 0.717) is 31.5 Å². The molecule has 0 atom stereocenters. The molecule has 1 aliphatic rings. The molecule has 128 valence electrons. The second-order valence-corrected chi connectivity index (χ2v) is 7.19. The number of aryl methyl sites for hydroxylation is 2. The highest BCUT2D eigenvalue weighted by Gasteiger charge is 2.16. The number of guanidine groups is 1. The van der Waals surface area contributed by atoms with Crippen LogP contribution in [0.1, 0.15) is 47.7 Å². The maximum absolute atomic E-state index is 11.9. The van der Waals surface area contributed by atoms with Crippen LogP contribution in [0.25, 0.3) is 0 Å². The number of nitrogens with one attached hydrogen (secondary N) is 3. The molecule has 2 rings (SSSR count). The van der Waals surface area contributed by atoms with E-state index in [1.54, 1.807) is 18.4 Å². The van der Waals surface area contributed by atoms with Gasteiger partial charge in [-0.15, -0.1) is 11.3 Å². The van der Waals surface area contributed by atoms with Crippen LogP contribution in [0.2, 0.25) is 0 Å². The van der Waals surface area contributed by atoms with Crippen LogP contribution in [0.5, 0.6) is 0 Å². The number of carbonyl (C=O) groups is 1. The number of hydrogen-bond acceptors (Lipinski definition) is 4. The number of carbonyl (C=O) groups excluding carboxylic acids is 1. The molecular formula is C16H27N5OS. The van der Waals surface area contributed by atoms with Gasteiger partial charge in [-0.2, -0.15) is 0 Å². The van der Waals surface area contributed by atoms with E-state index in [1.165, 1.54) is 17.7 Å². The smallest absolute Gasteiger partial charge is 0.221 e. The second kappa shape index (κ2) is 8.86. The van der Waals surface area contributed by atoms with Gasteiger partial charge in [-0.3, -0.25) is 9.79 Å². The molecule has 1 amide bonds. The van der Waals surface area contributed by atoms with Gasteiger partial charge in [-0.1, -0.05) is 12.8 Å². The van der Waals surface area contributed by atoms with Crippen molar-refractivity contribution in [3.63, 3.8) is 0 Å². The molecule has 1 saturated carbocycles. The number of rotatable bonds is 6. The molecule has 0 spiro atoms. The molecule has 1 aromatic heterocycles. The van der Waals surface area contributed by atoms with Crippen LogP contribution in [-0.4, -0.2) is 36.5 Å². The standard InChI is InChI=1S/C16H27N5OS/c1-11-12(2)23-15(20-11)10-19-16(17-3)18-9-8-14(22)21-13-6-4-5-7-13/h13H,4-10H2,1-3H3,(H,21,22)(H2,17,18,19). The fourth-order valence-electron chi connectivity index (χ4n) is 2.66. The predicted molar refractivity (Wildman–Crippen MR) is 94.8 cm³/mol. The van der Waals surface area contributed by atoms with Gasteiger partial charge in [0.05, 0.1) is 12.2 Å². The van der Waals surface area contributed by atoms with Crippen molar-refractivity contribution < 1.29 is 4.79 Å². The summed E-state index contributed by atoms with van der Waals surface area (Å²) in [4.78, 5) is 21.8. The molecule has 1 heterocycles. The van der Waals surface area contributed by atoms with E-state index in [9.17, 15) is 4.79 Å². The number of amides is 1. The van der Waals surface area contributed by atoms with E-state index in [1.807, 2.05) is 6.92 Å². The first-order valence-electron chi connectivity index (χ1n) is 8.25. The van der Waals surface area contributed by atoms with Crippen LogP contribution in [0.3, 0.4) is 0 Å². The number of thiazole rings is 1. The van der Waals surface area contributed by atoms with Crippen LogP contribution in [0.15, 0.2) is 4.99 Å². The lowest BCUT2D eigenvalue weighted by atomic mass is 10.2. The van der Waals surface area contributed by atoms with E-state index < -0.39 is 0 Å². The normalized spacial score (nSPS) is 15.7. The Bertz CT molecular complexity index is 529. The summed E-state index contributed by atoms with van der Waals surface area (Å²) in [6.45, 7) is 5.32. The molecule has 0 bridgehead atoms. The van der Waals surface area contributed by atoms with Crippen LogP contribution in [0.4, 0.5) is 0 Å². The van der Waals surface area contributed by atoms with Gasteiger partial charge in [0.25, 0.3) is 0 Å². The molecule has 0 aromatic carbocycles. The zero-order valence-electron chi connectivity index (χ0n) is 14.2. The molecule has 0 saturated heterocycles. The summed E-state index contributed by atoms with van der Waals surface area (Å²) >= 11 is 1.69. The Balaban J connectivity index is 1.65. The maximum Gasteiger partial charge on any atom is 0.221 e. The maximum atomic E-state index is 11.9. The summed E-state index contributed by atoms with van der Waals surface area (Å²) in [6, 6.07) is 0.385. The first-order valence-corrected chi connectivity index (χ1v) is 9.07. The number of aromatic nitrogens is 1. The molecule has 3 N–H and O–H groups in total. The van der Waals surface area contributed by atoms with Crippen molar-refractivity contribution in [3.05, 3.63) is 15.6 Å². The molecule has 0 unspecified atom stereocenters. The van der Waals surface area contributed by atoms with Crippen molar-refractivity contribution in [3.8, 4) is 0 Å². The Morgan fingerprint density at radius 3 is 2.65 bits per heavy atom. The molecule has 7 heteroatoms. The topological polar surface area (TPSA) is 78.4 Å². The van der Waals surface area contributed by atoms with Crippen molar-refractivity contribution in [2.45, 2.75) is 58.5 Å². The van der Waals surface area contributed by atoms with Crippen LogP contribution >= 0.6 is 11.3 Å². The Labute approximate surface area is 142 Å². The zero-order valence-corrected chi connectivity index (χ0v) is 15.1. The van der Waals surface area contributed by atoms with E-state index in [4.69, 9.17) is 0 Å². The lowest BCUT2D eigenvalue weighted by Crippen LogP contribution is -2.40. The van der Waals surface area contributed by atoms with Crippen molar-refractivity contribution in [2.24, 2.45) is 4.99 Å². The SMILES string of the molecule is CN=C(NCCC(=O)NC1CCCC1)NCc1nc(C)c(C)s1. The van der Waals surface area contributed by atoms with Crippen molar-refractivity contribution in [1.29, 1.82) is 0 Å². The monoisotopic (exact) mass is 337 g/mol. The molecule has 1 aromatic rings. The molecule has 1 aliphatic carbocycles. The zero-order chi connectivity index (χ0) is 16.7. The molecule has 0 aliphatic heterocycles. The minimum Gasteiger partial charge on any atom is -0.356 e. The Morgan fingerprint density at radius 2 is 2.04 bits per heavy atom. The Morgan fingerprint density at radius 1 is 1.30 bits per heavy atom. The third kappa shape index (κ3) is 5.82. The van der Waals surface area contributed by atoms with Gasteiger partial charge >= 0.3 is 0 Å². The highest BCUT2D eigenvalue weighted by atomic mass is 32.1. The summed E-state index contributed by atoms with van der Waals surface area (Å²) in [5.74, 6) is 0.815. The van der Waals surface area contributed by atoms with E-state index in [2.05, 4.69) is 32.9 Å². The van der Waals surface area contributed by atoms with E-state index in [0.717, 1.165) is 23.5 Å². The van der Waals surface area contributed by atoms with Crippen LogP contribution < -0.4 is 16.0 Å². The molecular weight excluding hydrogens is 310 g/mol. The predicted octanol–water partition coefficient (Wildman–Crippen LogP) is 1.87. The third-order valence-corrected chi connectivity index (χ3v) is 5.14. The average molecular weight is 337 g/mol. The largest absolute Gasteiger partial charge is 0.356 e. The lowest BCUT2D eigenvalue weighted by molar-refractivity contribution is -0.121. The Hall–Kier alpha value is -1.63. The van der Waals surface area contributed by atoms with Gasteiger partial charge < -0.3 is 16.0 Å². The quantitative estimate of drug-likeness (QED) is 0.547. The third-order valence-electron chi connectivity index (χ3n) is 4.07. The number of hydrogen-bond donors (Lipinski definition) is 3. The minimum atomic E-state index is 0.117. The van der Waals surface area contributed by atoms with Gasteiger partial charge in [0.2, 0.25) is 5.91 Å². The molecule has 23 heavy (non-hydrogen) atoms. The first-order chi connectivity index (χ1) is 11.1. The van der Waals surface area contributed by atoms with Crippen LogP contribution in [-0.2, 0) is 11.3 Å². The Kier molecular flexibility index (Phi) is 6.83. The van der Waals surface area contributed by atoms with Gasteiger partial charge in [0.15, 0.2) is 5.96 Å². The molecule has 0 radical (unpaired) electrons. The van der Waals surface area contributed by atoms with Crippen molar-refractivity contribution in [1.82, 2.24) is 20.9 Å². The number of nitrogens with zero attached hydrogens (tertiary/aromatic N) is 2.